The van der Waals surface area contributed by atoms with E-state index in [1.54, 1.807) is 0 Å². The van der Waals surface area contributed by atoms with Crippen molar-refractivity contribution in [2.45, 2.75) is 26.4 Å². The summed E-state index contributed by atoms with van der Waals surface area (Å²) in [6.45, 7) is 4.30. The third kappa shape index (κ3) is 2.68. The molecular weight excluding hydrogens is 254 g/mol. The minimum absolute atomic E-state index is 0.0222. The van der Waals surface area contributed by atoms with Crippen molar-refractivity contribution in [2.75, 3.05) is 0 Å². The van der Waals surface area contributed by atoms with Crippen LogP contribution in [-0.2, 0) is 6.61 Å². The molecule has 1 heterocycles. The van der Waals surface area contributed by atoms with Crippen LogP contribution >= 0.6 is 22.9 Å². The molecule has 1 aromatic heterocycles. The van der Waals surface area contributed by atoms with Crippen molar-refractivity contribution in [1.82, 2.24) is 4.98 Å². The number of rotatable bonds is 3. The minimum Gasteiger partial charge on any atom is -0.391 e. The maximum absolute atomic E-state index is 9.25. The summed E-state index contributed by atoms with van der Waals surface area (Å²) in [5.41, 5.74) is 3.08. The molecule has 0 spiro atoms. The van der Waals surface area contributed by atoms with Crippen LogP contribution in [0.1, 0.15) is 30.2 Å². The van der Waals surface area contributed by atoms with E-state index in [0.717, 1.165) is 16.1 Å². The molecule has 0 aliphatic carbocycles. The fourth-order valence-corrected chi connectivity index (χ4v) is 2.71. The monoisotopic (exact) mass is 267 g/mol. The maximum Gasteiger partial charge on any atom is 0.184 e. The molecule has 0 amide bonds. The fourth-order valence-electron chi connectivity index (χ4n) is 1.68. The molecule has 0 fully saturated rings. The van der Waals surface area contributed by atoms with Crippen LogP contribution in [-0.4, -0.2) is 10.1 Å². The molecule has 0 saturated carbocycles. The van der Waals surface area contributed by atoms with Crippen LogP contribution < -0.4 is 0 Å². The standard InChI is InChI=1S/C13H14ClNOS/c1-8(2)9-3-5-10(6-4-9)12-11(7-16)17-13(14)15-12/h3-6,8,16H,7H2,1-2H3. The Morgan fingerprint density at radius 1 is 1.29 bits per heavy atom. The second-order valence-corrected chi connectivity index (χ2v) is 5.84. The molecule has 90 valence electrons. The average molecular weight is 268 g/mol. The van der Waals surface area contributed by atoms with Gasteiger partial charge in [-0.25, -0.2) is 4.98 Å². The lowest BCUT2D eigenvalue weighted by Crippen LogP contribution is -1.89. The zero-order chi connectivity index (χ0) is 12.4. The van der Waals surface area contributed by atoms with Crippen molar-refractivity contribution in [3.05, 3.63) is 39.2 Å². The first-order valence-electron chi connectivity index (χ1n) is 5.48. The SMILES string of the molecule is CC(C)c1ccc(-c2nc(Cl)sc2CO)cc1. The van der Waals surface area contributed by atoms with Crippen LogP contribution in [0, 0.1) is 0 Å². The van der Waals surface area contributed by atoms with Crippen LogP contribution in [0.4, 0.5) is 0 Å². The number of hydrogen-bond acceptors (Lipinski definition) is 3. The highest BCUT2D eigenvalue weighted by Gasteiger charge is 2.11. The number of aromatic nitrogens is 1. The number of nitrogens with zero attached hydrogens (tertiary/aromatic N) is 1. The van der Waals surface area contributed by atoms with Gasteiger partial charge in [-0.1, -0.05) is 49.7 Å². The number of aliphatic hydroxyl groups is 1. The van der Waals surface area contributed by atoms with Crippen molar-refractivity contribution in [3.63, 3.8) is 0 Å². The first-order chi connectivity index (χ1) is 8.11. The molecule has 2 rings (SSSR count). The largest absolute Gasteiger partial charge is 0.391 e. The van der Waals surface area contributed by atoms with Crippen molar-refractivity contribution < 1.29 is 5.11 Å². The van der Waals surface area contributed by atoms with Gasteiger partial charge in [-0.3, -0.25) is 0 Å². The van der Waals surface area contributed by atoms with E-state index in [1.807, 2.05) is 12.1 Å². The Kier molecular flexibility index (Phi) is 3.82. The van der Waals surface area contributed by atoms with Crippen LogP contribution in [0.3, 0.4) is 0 Å². The van der Waals surface area contributed by atoms with Gasteiger partial charge in [0, 0.05) is 5.56 Å². The molecule has 2 aromatic rings. The highest BCUT2D eigenvalue weighted by molar-refractivity contribution is 7.16. The Morgan fingerprint density at radius 2 is 1.94 bits per heavy atom. The highest BCUT2D eigenvalue weighted by Crippen LogP contribution is 2.31. The zero-order valence-corrected chi connectivity index (χ0v) is 11.3. The molecule has 0 atom stereocenters. The maximum atomic E-state index is 9.25. The Labute approximate surface area is 110 Å². The van der Waals surface area contributed by atoms with Crippen LogP contribution in [0.2, 0.25) is 4.47 Å². The van der Waals surface area contributed by atoms with Gasteiger partial charge in [0.2, 0.25) is 0 Å². The van der Waals surface area contributed by atoms with E-state index in [2.05, 4.69) is 31.0 Å². The molecule has 2 nitrogen and oxygen atoms in total. The van der Waals surface area contributed by atoms with E-state index in [0.29, 0.717) is 10.4 Å². The van der Waals surface area contributed by atoms with Crippen molar-refractivity contribution >= 4 is 22.9 Å². The summed E-state index contributed by atoms with van der Waals surface area (Å²) in [7, 11) is 0. The Morgan fingerprint density at radius 3 is 2.47 bits per heavy atom. The molecule has 0 aliphatic rings. The summed E-state index contributed by atoms with van der Waals surface area (Å²) >= 11 is 7.20. The van der Waals surface area contributed by atoms with Gasteiger partial charge < -0.3 is 5.11 Å². The quantitative estimate of drug-likeness (QED) is 0.909. The summed E-state index contributed by atoms with van der Waals surface area (Å²) in [4.78, 5) is 5.06. The topological polar surface area (TPSA) is 33.1 Å². The normalized spacial score (nSPS) is 11.1. The lowest BCUT2D eigenvalue weighted by molar-refractivity contribution is 0.286. The van der Waals surface area contributed by atoms with E-state index < -0.39 is 0 Å². The lowest BCUT2D eigenvalue weighted by atomic mass is 10.0. The van der Waals surface area contributed by atoms with Gasteiger partial charge in [-0.2, -0.15) is 0 Å². The number of halogens is 1. The van der Waals surface area contributed by atoms with Crippen molar-refractivity contribution in [2.24, 2.45) is 0 Å². The number of aliphatic hydroxyl groups excluding tert-OH is 1. The third-order valence-electron chi connectivity index (χ3n) is 2.67. The number of thiazole rings is 1. The van der Waals surface area contributed by atoms with E-state index in [4.69, 9.17) is 11.6 Å². The number of hydrogen-bond donors (Lipinski definition) is 1. The molecule has 0 radical (unpaired) electrons. The van der Waals surface area contributed by atoms with Crippen LogP contribution in [0.15, 0.2) is 24.3 Å². The highest BCUT2D eigenvalue weighted by atomic mass is 35.5. The zero-order valence-electron chi connectivity index (χ0n) is 9.77. The smallest absolute Gasteiger partial charge is 0.184 e. The van der Waals surface area contributed by atoms with Gasteiger partial charge in [0.1, 0.15) is 0 Å². The van der Waals surface area contributed by atoms with E-state index >= 15 is 0 Å². The van der Waals surface area contributed by atoms with Gasteiger partial charge in [0.15, 0.2) is 4.47 Å². The Bertz CT molecular complexity index is 505. The summed E-state index contributed by atoms with van der Waals surface area (Å²) in [6, 6.07) is 8.24. The molecule has 4 heteroatoms. The molecule has 0 aliphatic heterocycles. The molecular formula is C13H14ClNOS. The molecule has 1 N–H and O–H groups in total. The molecule has 17 heavy (non-hydrogen) atoms. The van der Waals surface area contributed by atoms with Gasteiger partial charge in [0.25, 0.3) is 0 Å². The van der Waals surface area contributed by atoms with Gasteiger partial charge in [-0.15, -0.1) is 11.3 Å². The lowest BCUT2D eigenvalue weighted by Gasteiger charge is -2.06. The molecule has 0 saturated heterocycles. The second-order valence-electron chi connectivity index (χ2n) is 4.17. The molecule has 0 bridgehead atoms. The van der Waals surface area contributed by atoms with E-state index in [9.17, 15) is 5.11 Å². The first kappa shape index (κ1) is 12.6. The summed E-state index contributed by atoms with van der Waals surface area (Å²) in [5, 5.41) is 9.25. The summed E-state index contributed by atoms with van der Waals surface area (Å²) < 4.78 is 0.469. The predicted octanol–water partition coefficient (Wildman–Crippen LogP) is 4.08. The van der Waals surface area contributed by atoms with E-state index in [1.165, 1.54) is 16.9 Å². The predicted molar refractivity (Wildman–Crippen MR) is 72.6 cm³/mol. The second kappa shape index (κ2) is 5.17. The first-order valence-corrected chi connectivity index (χ1v) is 6.67. The van der Waals surface area contributed by atoms with Gasteiger partial charge in [0.05, 0.1) is 17.2 Å². The molecule has 1 aromatic carbocycles. The average Bonchev–Trinajstić information content (AvgIpc) is 2.70. The Balaban J connectivity index is 2.39. The third-order valence-corrected chi connectivity index (χ3v) is 3.81. The summed E-state index contributed by atoms with van der Waals surface area (Å²) in [5.74, 6) is 0.514. The Hall–Kier alpha value is -0.900. The van der Waals surface area contributed by atoms with Crippen molar-refractivity contribution in [3.8, 4) is 11.3 Å². The summed E-state index contributed by atoms with van der Waals surface area (Å²) in [6.07, 6.45) is 0. The van der Waals surface area contributed by atoms with Crippen molar-refractivity contribution in [1.29, 1.82) is 0 Å². The van der Waals surface area contributed by atoms with Gasteiger partial charge in [-0.05, 0) is 11.5 Å². The fraction of sp³-hybridized carbons (Fsp3) is 0.308. The van der Waals surface area contributed by atoms with Gasteiger partial charge >= 0.3 is 0 Å². The van der Waals surface area contributed by atoms with E-state index in [-0.39, 0.29) is 6.61 Å². The van der Waals surface area contributed by atoms with Crippen LogP contribution in [0.5, 0.6) is 0 Å². The van der Waals surface area contributed by atoms with Crippen LogP contribution in [0.25, 0.3) is 11.3 Å². The number of benzene rings is 1. The minimum atomic E-state index is -0.0222. The molecule has 0 unspecified atom stereocenters.